The van der Waals surface area contributed by atoms with E-state index in [1.54, 1.807) is 6.07 Å². The lowest BCUT2D eigenvalue weighted by atomic mass is 10.1. The monoisotopic (exact) mass is 237 g/mol. The molecule has 1 aromatic carbocycles. The van der Waals surface area contributed by atoms with E-state index in [-0.39, 0.29) is 11.5 Å². The molecule has 0 spiro atoms. The summed E-state index contributed by atoms with van der Waals surface area (Å²) < 4.78 is 0. The first-order valence-electron chi connectivity index (χ1n) is 5.55. The zero-order chi connectivity index (χ0) is 12.4. The Morgan fingerprint density at radius 3 is 2.76 bits per heavy atom. The van der Waals surface area contributed by atoms with Gasteiger partial charge in [0, 0.05) is 6.54 Å². The molecule has 17 heavy (non-hydrogen) atoms. The fourth-order valence-electron chi connectivity index (χ4n) is 2.20. The van der Waals surface area contributed by atoms with Gasteiger partial charge in [0.25, 0.3) is 0 Å². The number of carboxylic acid groups (broad SMARTS) is 1. The van der Waals surface area contributed by atoms with Crippen LogP contribution in [0.5, 0.6) is 11.5 Å². The summed E-state index contributed by atoms with van der Waals surface area (Å²) >= 11 is 0. The van der Waals surface area contributed by atoms with E-state index >= 15 is 0 Å². The van der Waals surface area contributed by atoms with Crippen molar-refractivity contribution in [3.05, 3.63) is 23.8 Å². The highest BCUT2D eigenvalue weighted by atomic mass is 16.4. The summed E-state index contributed by atoms with van der Waals surface area (Å²) in [5, 5.41) is 27.6. The minimum atomic E-state index is -0.800. The highest BCUT2D eigenvalue weighted by molar-refractivity contribution is 5.73. The van der Waals surface area contributed by atoms with Gasteiger partial charge in [0.1, 0.15) is 6.04 Å². The van der Waals surface area contributed by atoms with E-state index in [1.807, 2.05) is 4.90 Å². The molecule has 0 amide bonds. The Kier molecular flexibility index (Phi) is 3.19. The molecule has 1 aromatic rings. The van der Waals surface area contributed by atoms with Gasteiger partial charge in [-0.25, -0.2) is 0 Å². The van der Waals surface area contributed by atoms with Gasteiger partial charge in [0.2, 0.25) is 0 Å². The van der Waals surface area contributed by atoms with Gasteiger partial charge in [-0.2, -0.15) is 0 Å². The van der Waals surface area contributed by atoms with Crippen molar-refractivity contribution in [1.29, 1.82) is 0 Å². The first-order valence-corrected chi connectivity index (χ1v) is 5.55. The zero-order valence-corrected chi connectivity index (χ0v) is 9.33. The molecule has 0 radical (unpaired) electrons. The maximum absolute atomic E-state index is 11.0. The summed E-state index contributed by atoms with van der Waals surface area (Å²) in [6, 6.07) is 4.13. The number of carbonyl (C=O) groups is 1. The van der Waals surface area contributed by atoms with Crippen molar-refractivity contribution in [2.24, 2.45) is 0 Å². The lowest BCUT2D eigenvalue weighted by Crippen LogP contribution is -2.35. The van der Waals surface area contributed by atoms with Crippen LogP contribution in [0.1, 0.15) is 18.4 Å². The minimum Gasteiger partial charge on any atom is -0.504 e. The van der Waals surface area contributed by atoms with Gasteiger partial charge in [-0.1, -0.05) is 6.07 Å². The van der Waals surface area contributed by atoms with Gasteiger partial charge in [-0.05, 0) is 37.1 Å². The molecule has 1 aliphatic rings. The Morgan fingerprint density at radius 2 is 2.12 bits per heavy atom. The second-order valence-corrected chi connectivity index (χ2v) is 4.29. The van der Waals surface area contributed by atoms with E-state index in [2.05, 4.69) is 0 Å². The molecular weight excluding hydrogens is 222 g/mol. The van der Waals surface area contributed by atoms with Crippen molar-refractivity contribution >= 4 is 5.97 Å². The number of rotatable bonds is 3. The van der Waals surface area contributed by atoms with Crippen molar-refractivity contribution in [2.45, 2.75) is 25.4 Å². The second kappa shape index (κ2) is 4.63. The number of carboxylic acids is 1. The molecule has 1 heterocycles. The normalized spacial score (nSPS) is 20.6. The molecule has 1 fully saturated rings. The van der Waals surface area contributed by atoms with Gasteiger partial charge in [0.05, 0.1) is 0 Å². The van der Waals surface area contributed by atoms with Crippen molar-refractivity contribution in [3.8, 4) is 11.5 Å². The maximum atomic E-state index is 11.0. The molecule has 0 saturated carbocycles. The van der Waals surface area contributed by atoms with Crippen molar-refractivity contribution in [3.63, 3.8) is 0 Å². The molecule has 1 aliphatic heterocycles. The van der Waals surface area contributed by atoms with Crippen LogP contribution in [0.25, 0.3) is 0 Å². The number of hydrogen-bond donors (Lipinski definition) is 3. The molecular formula is C12H15NO4. The van der Waals surface area contributed by atoms with Crippen molar-refractivity contribution < 1.29 is 20.1 Å². The largest absolute Gasteiger partial charge is 0.504 e. The Hall–Kier alpha value is -1.75. The summed E-state index contributed by atoms with van der Waals surface area (Å²) in [6.45, 7) is 1.23. The van der Waals surface area contributed by atoms with E-state index in [1.165, 1.54) is 12.1 Å². The lowest BCUT2D eigenvalue weighted by molar-refractivity contribution is -0.142. The summed E-state index contributed by atoms with van der Waals surface area (Å²) in [7, 11) is 0. The van der Waals surface area contributed by atoms with Crippen LogP contribution in [0.4, 0.5) is 0 Å². The molecule has 5 heteroatoms. The number of hydrogen-bond acceptors (Lipinski definition) is 4. The molecule has 2 rings (SSSR count). The minimum absolute atomic E-state index is 0.162. The highest BCUT2D eigenvalue weighted by Crippen LogP contribution is 2.27. The number of nitrogens with zero attached hydrogens (tertiary/aromatic N) is 1. The standard InChI is InChI=1S/C12H15NO4/c14-10-4-3-8(6-11(10)15)7-13-5-1-2-9(13)12(16)17/h3-4,6,9,14-15H,1-2,5,7H2,(H,16,17)/t9-/m0/s1. The smallest absolute Gasteiger partial charge is 0.320 e. The molecule has 0 unspecified atom stereocenters. The van der Waals surface area contributed by atoms with Gasteiger partial charge in [-0.15, -0.1) is 0 Å². The predicted molar refractivity (Wildman–Crippen MR) is 60.8 cm³/mol. The van der Waals surface area contributed by atoms with Crippen LogP contribution in [-0.4, -0.2) is 38.8 Å². The third kappa shape index (κ3) is 2.50. The fourth-order valence-corrected chi connectivity index (χ4v) is 2.20. The van der Waals surface area contributed by atoms with Crippen LogP contribution >= 0.6 is 0 Å². The van der Waals surface area contributed by atoms with Crippen molar-refractivity contribution in [2.75, 3.05) is 6.54 Å². The van der Waals surface area contributed by atoms with Gasteiger partial charge >= 0.3 is 5.97 Å². The van der Waals surface area contributed by atoms with Crippen LogP contribution in [0.3, 0.4) is 0 Å². The van der Waals surface area contributed by atoms with E-state index in [4.69, 9.17) is 5.11 Å². The van der Waals surface area contributed by atoms with Crippen LogP contribution in [0.15, 0.2) is 18.2 Å². The number of aliphatic carboxylic acids is 1. The van der Waals surface area contributed by atoms with E-state index < -0.39 is 12.0 Å². The van der Waals surface area contributed by atoms with Gasteiger partial charge in [-0.3, -0.25) is 9.69 Å². The number of aromatic hydroxyl groups is 2. The van der Waals surface area contributed by atoms with Crippen molar-refractivity contribution in [1.82, 2.24) is 4.90 Å². The van der Waals surface area contributed by atoms with Gasteiger partial charge in [0.15, 0.2) is 11.5 Å². The zero-order valence-electron chi connectivity index (χ0n) is 9.33. The average Bonchev–Trinajstić information content (AvgIpc) is 2.72. The quantitative estimate of drug-likeness (QED) is 0.687. The first-order chi connectivity index (χ1) is 8.08. The molecule has 0 aliphatic carbocycles. The maximum Gasteiger partial charge on any atom is 0.320 e. The summed E-state index contributed by atoms with van der Waals surface area (Å²) in [5.41, 5.74) is 0.799. The second-order valence-electron chi connectivity index (χ2n) is 4.29. The summed E-state index contributed by atoms with van der Waals surface area (Å²) in [6.07, 6.45) is 1.54. The molecule has 1 atom stereocenters. The highest BCUT2D eigenvalue weighted by Gasteiger charge is 2.30. The Balaban J connectivity index is 2.09. The Morgan fingerprint density at radius 1 is 1.35 bits per heavy atom. The summed E-state index contributed by atoms with van der Waals surface area (Å²) in [4.78, 5) is 12.9. The average molecular weight is 237 g/mol. The van der Waals surface area contributed by atoms with E-state index in [0.29, 0.717) is 13.0 Å². The van der Waals surface area contributed by atoms with Crippen LogP contribution < -0.4 is 0 Å². The van der Waals surface area contributed by atoms with E-state index in [0.717, 1.165) is 18.5 Å². The molecule has 92 valence electrons. The van der Waals surface area contributed by atoms with Gasteiger partial charge < -0.3 is 15.3 Å². The molecule has 3 N–H and O–H groups in total. The fraction of sp³-hybridized carbons (Fsp3) is 0.417. The van der Waals surface area contributed by atoms with Crippen LogP contribution in [0.2, 0.25) is 0 Å². The SMILES string of the molecule is O=C(O)[C@@H]1CCCN1Cc1ccc(O)c(O)c1. The predicted octanol–water partition coefficient (Wildman–Crippen LogP) is 1.15. The molecule has 0 bridgehead atoms. The lowest BCUT2D eigenvalue weighted by Gasteiger charge is -2.21. The first kappa shape index (κ1) is 11.7. The molecule has 1 saturated heterocycles. The topological polar surface area (TPSA) is 81.0 Å². The summed E-state index contributed by atoms with van der Waals surface area (Å²) in [5.74, 6) is -1.14. The molecule has 0 aromatic heterocycles. The number of phenolic OH excluding ortho intramolecular Hbond substituents is 2. The number of phenols is 2. The van der Waals surface area contributed by atoms with Crippen LogP contribution in [0, 0.1) is 0 Å². The Labute approximate surface area is 98.9 Å². The number of likely N-dealkylation sites (tertiary alicyclic amines) is 1. The number of benzene rings is 1. The third-order valence-corrected chi connectivity index (χ3v) is 3.07. The third-order valence-electron chi connectivity index (χ3n) is 3.07. The Bertz CT molecular complexity index is 433. The van der Waals surface area contributed by atoms with Crippen LogP contribution in [-0.2, 0) is 11.3 Å². The molecule has 5 nitrogen and oxygen atoms in total. The van der Waals surface area contributed by atoms with E-state index in [9.17, 15) is 15.0 Å².